The van der Waals surface area contributed by atoms with E-state index in [4.69, 9.17) is 9.97 Å². The number of benzene rings is 4. The molecule has 13 rings (SSSR count). The third kappa shape index (κ3) is 17.3. The Kier molecular flexibility index (Phi) is 21.6. The molecular formula is C72H66N8O12S4. The maximum Gasteiger partial charge on any atom is 0.216 e. The van der Waals surface area contributed by atoms with Crippen molar-refractivity contribution in [1.82, 2.24) is 19.9 Å². The number of hydrogen-bond donors (Lipinski definition) is 2. The third-order valence-corrected chi connectivity index (χ3v) is 18.6. The van der Waals surface area contributed by atoms with Crippen LogP contribution in [0.2, 0.25) is 0 Å². The van der Waals surface area contributed by atoms with Crippen LogP contribution in [-0.2, 0) is 68.7 Å². The molecule has 24 heteroatoms. The molecule has 8 bridgehead atoms. The Morgan fingerprint density at radius 1 is 0.281 bits per heavy atom. The fourth-order valence-electron chi connectivity index (χ4n) is 10.2. The van der Waals surface area contributed by atoms with Crippen molar-refractivity contribution in [1.29, 1.82) is 0 Å². The lowest BCUT2D eigenvalue weighted by Gasteiger charge is -2.05. The molecule has 7 aromatic heterocycles. The molecule has 0 unspecified atom stereocenters. The van der Waals surface area contributed by atoms with Crippen molar-refractivity contribution in [2.75, 3.05) is 0 Å². The molecule has 0 atom stereocenters. The van der Waals surface area contributed by atoms with Crippen molar-refractivity contribution in [3.8, 4) is 45.0 Å². The SMILES string of the molecule is C[n+]1ccccc1-c1c2nc(c(-c3cccc[n+]3C)c3ccc([nH]3)c(-c3cccc[n+]3C)c3nc(c(-c4cccc[n+]4C)c4ccc1[nH]4)C=C3)C=C2.Cc1ccc(S(=O)(=O)[O-])cc1.Cc1ccc(S(=O)(=O)[O-])cc1.Cc1ccc(S(=O)(=O)[O-])cc1.Cc1ccc(S(=O)(=O)[O-])cc1. The van der Waals surface area contributed by atoms with Crippen molar-refractivity contribution in [2.45, 2.75) is 47.3 Å². The van der Waals surface area contributed by atoms with Gasteiger partial charge in [-0.05, 0) is 149 Å². The Hall–Kier alpha value is -10.3. The third-order valence-electron chi connectivity index (χ3n) is 15.2. The van der Waals surface area contributed by atoms with Gasteiger partial charge in [0, 0.05) is 48.5 Å². The van der Waals surface area contributed by atoms with Crippen LogP contribution in [0.15, 0.2) is 238 Å². The number of nitrogens with zero attached hydrogens (tertiary/aromatic N) is 6. The van der Waals surface area contributed by atoms with E-state index < -0.39 is 40.5 Å². The smallest absolute Gasteiger partial charge is 0.216 e. The molecule has 96 heavy (non-hydrogen) atoms. The molecule has 0 saturated carbocycles. The molecule has 9 heterocycles. The first-order valence-electron chi connectivity index (χ1n) is 29.5. The first kappa shape index (κ1) is 70.0. The standard InChI is InChI=1S/C44H37N8.4C7H8O3S/c1-49-25-9-5-13-37(49)41-29-17-19-31(45-29)42(38-14-6-10-26-50(38)2)33-21-23-35(47-33)44(40-16-8-12-28-52(40)4)36-24-22-34(48-36)43(32-20-18-30(41)46-32)39-15-7-11-27-51(39)3;4*1-6-2-4-7(5-3-6)11(8,9)10/h5-28H,1-4H3,(H,45,46,47,48);4*2-5H,1H3,(H,8,9,10)/q+3;;;;/p-3. The van der Waals surface area contributed by atoms with Crippen LogP contribution in [0.1, 0.15) is 45.0 Å². The van der Waals surface area contributed by atoms with Gasteiger partial charge in [0.25, 0.3) is 0 Å². The number of fused-ring (bicyclic) bond motifs is 8. The summed E-state index contributed by atoms with van der Waals surface area (Å²) >= 11 is 0. The van der Waals surface area contributed by atoms with E-state index in [1.54, 1.807) is 48.5 Å². The zero-order valence-electron chi connectivity index (χ0n) is 53.3. The molecule has 2 N–H and O–H groups in total. The van der Waals surface area contributed by atoms with E-state index >= 15 is 0 Å². The van der Waals surface area contributed by atoms with Crippen molar-refractivity contribution in [3.05, 3.63) is 264 Å². The van der Waals surface area contributed by atoms with Gasteiger partial charge in [-0.25, -0.2) is 61.9 Å². The molecule has 0 amide bonds. The molecule has 2 aliphatic heterocycles. The average Bonchev–Trinajstić information content (AvgIpc) is 1.61. The highest BCUT2D eigenvalue weighted by Gasteiger charge is 2.26. The Morgan fingerprint density at radius 2 is 0.469 bits per heavy atom. The summed E-state index contributed by atoms with van der Waals surface area (Å²) in [6.07, 6.45) is 16.9. The summed E-state index contributed by atoms with van der Waals surface area (Å²) in [5.41, 5.74) is 19.3. The number of H-pyrrole nitrogens is 2. The number of nitrogens with one attached hydrogen (secondary N) is 2. The van der Waals surface area contributed by atoms with Crippen LogP contribution in [0, 0.1) is 27.7 Å². The van der Waals surface area contributed by atoms with Gasteiger partial charge in [0.2, 0.25) is 22.8 Å². The number of hydrogen-bond acceptors (Lipinski definition) is 14. The highest BCUT2D eigenvalue weighted by molar-refractivity contribution is 7.86. The minimum absolute atomic E-state index is 0.178. The number of pyridine rings is 4. The van der Waals surface area contributed by atoms with Crippen LogP contribution < -0.4 is 18.3 Å². The molecule has 0 radical (unpaired) electrons. The minimum atomic E-state index is -4.27. The zero-order valence-corrected chi connectivity index (χ0v) is 56.6. The summed E-state index contributed by atoms with van der Waals surface area (Å²) < 4.78 is 133. The van der Waals surface area contributed by atoms with Gasteiger partial charge in [-0.2, -0.15) is 0 Å². The normalized spacial score (nSPS) is 11.8. The fraction of sp³-hybridized carbons (Fsp3) is 0.111. The highest BCUT2D eigenvalue weighted by atomic mass is 32.2. The van der Waals surface area contributed by atoms with E-state index in [-0.39, 0.29) is 19.6 Å². The topological polar surface area (TPSA) is 302 Å². The predicted octanol–water partition coefficient (Wildman–Crippen LogP) is 10.2. The quantitative estimate of drug-likeness (QED) is 0.106. The number of aromatic nitrogens is 8. The Bertz CT molecular complexity index is 4760. The fourth-order valence-corrected chi connectivity index (χ4v) is 12.1. The molecule has 0 aliphatic carbocycles. The van der Waals surface area contributed by atoms with Gasteiger partial charge in [0.1, 0.15) is 68.7 Å². The molecule has 11 aromatic rings. The molecule has 20 nitrogen and oxygen atoms in total. The van der Waals surface area contributed by atoms with Gasteiger partial charge in [-0.15, -0.1) is 0 Å². The second-order valence-corrected chi connectivity index (χ2v) is 27.9. The minimum Gasteiger partial charge on any atom is -0.744 e. The summed E-state index contributed by atoms with van der Waals surface area (Å²) in [7, 11) is -8.77. The number of aromatic amines is 2. The Balaban J connectivity index is 0.000000196. The summed E-state index contributed by atoms with van der Waals surface area (Å²) in [4.78, 5) is 17.8. The maximum absolute atomic E-state index is 10.4. The molecule has 0 fully saturated rings. The van der Waals surface area contributed by atoms with Gasteiger partial charge >= 0.3 is 0 Å². The Morgan fingerprint density at radius 3 is 0.635 bits per heavy atom. The highest BCUT2D eigenvalue weighted by Crippen LogP contribution is 2.36. The van der Waals surface area contributed by atoms with Crippen LogP contribution in [0.5, 0.6) is 0 Å². The number of rotatable bonds is 8. The van der Waals surface area contributed by atoms with Gasteiger partial charge < -0.3 is 28.2 Å². The number of aryl methyl sites for hydroxylation is 8. The average molecular weight is 1360 g/mol. The molecule has 0 saturated heterocycles. The van der Waals surface area contributed by atoms with Gasteiger partial charge in [-0.3, -0.25) is 0 Å². The Labute approximate surface area is 557 Å². The van der Waals surface area contributed by atoms with E-state index in [0.29, 0.717) is 0 Å². The monoisotopic (exact) mass is 1360 g/mol. The molecule has 2 aliphatic rings. The van der Waals surface area contributed by atoms with Gasteiger partial charge in [0.15, 0.2) is 24.8 Å². The van der Waals surface area contributed by atoms with Crippen molar-refractivity contribution in [3.63, 3.8) is 0 Å². The van der Waals surface area contributed by atoms with Gasteiger partial charge in [-0.1, -0.05) is 70.8 Å². The van der Waals surface area contributed by atoms with E-state index in [0.717, 1.165) is 112 Å². The van der Waals surface area contributed by atoms with E-state index in [1.807, 2.05) is 52.0 Å². The van der Waals surface area contributed by atoms with Crippen molar-refractivity contribution in [2.24, 2.45) is 28.2 Å². The first-order chi connectivity index (χ1) is 45.4. The van der Waals surface area contributed by atoms with E-state index in [1.165, 1.54) is 48.5 Å². The van der Waals surface area contributed by atoms with Crippen LogP contribution >= 0.6 is 0 Å². The molecular weight excluding hydrogens is 1300 g/mol. The van der Waals surface area contributed by atoms with E-state index in [9.17, 15) is 51.9 Å². The summed E-state index contributed by atoms with van der Waals surface area (Å²) in [6, 6.07) is 56.9. The van der Waals surface area contributed by atoms with Crippen LogP contribution in [0.25, 0.3) is 91.4 Å². The summed E-state index contributed by atoms with van der Waals surface area (Å²) in [6.45, 7) is 7.28. The molecule has 4 aromatic carbocycles. The zero-order chi connectivity index (χ0) is 69.3. The lowest BCUT2D eigenvalue weighted by Crippen LogP contribution is -2.30. The van der Waals surface area contributed by atoms with Crippen LogP contribution in [0.4, 0.5) is 0 Å². The van der Waals surface area contributed by atoms with E-state index in [2.05, 4.69) is 178 Å². The second-order valence-electron chi connectivity index (χ2n) is 22.4. The summed E-state index contributed by atoms with van der Waals surface area (Å²) in [5, 5.41) is 0. The molecule has 0 spiro atoms. The lowest BCUT2D eigenvalue weighted by molar-refractivity contribution is -0.660. The second kappa shape index (κ2) is 29.6. The molecule has 490 valence electrons. The maximum atomic E-state index is 10.4. The van der Waals surface area contributed by atoms with Crippen molar-refractivity contribution < 1.29 is 70.2 Å². The van der Waals surface area contributed by atoms with Gasteiger partial charge in [0.05, 0.1) is 86.7 Å². The predicted molar refractivity (Wildman–Crippen MR) is 362 cm³/mol. The summed E-state index contributed by atoms with van der Waals surface area (Å²) in [5.74, 6) is 0. The largest absolute Gasteiger partial charge is 0.744 e. The first-order valence-corrected chi connectivity index (χ1v) is 35.1. The van der Waals surface area contributed by atoms with Crippen LogP contribution in [-0.4, -0.2) is 71.8 Å². The lowest BCUT2D eigenvalue weighted by atomic mass is 10.1. The van der Waals surface area contributed by atoms with Crippen molar-refractivity contribution >= 4 is 86.8 Å². The van der Waals surface area contributed by atoms with Crippen LogP contribution in [0.3, 0.4) is 0 Å².